The molecule has 0 radical (unpaired) electrons. The second-order valence-corrected chi connectivity index (χ2v) is 8.41. The van der Waals surface area contributed by atoms with Gasteiger partial charge in [0, 0.05) is 30.7 Å². The second-order valence-electron chi connectivity index (χ2n) is 8.41. The highest BCUT2D eigenvalue weighted by molar-refractivity contribution is 5.94. The molecule has 7 heteroatoms. The van der Waals surface area contributed by atoms with Crippen LogP contribution in [-0.4, -0.2) is 62.7 Å². The van der Waals surface area contributed by atoms with Gasteiger partial charge in [-0.1, -0.05) is 24.3 Å². The predicted molar refractivity (Wildman–Crippen MR) is 123 cm³/mol. The first-order valence-electron chi connectivity index (χ1n) is 10.7. The molecular formula is C24H28ClN5O. The fourth-order valence-corrected chi connectivity index (χ4v) is 4.88. The number of fused-ring (bicyclic) bond motifs is 1. The maximum Gasteiger partial charge on any atom is 0.253 e. The Bertz CT molecular complexity index is 988. The predicted octanol–water partition coefficient (Wildman–Crippen LogP) is 3.39. The van der Waals surface area contributed by atoms with Gasteiger partial charge >= 0.3 is 0 Å². The van der Waals surface area contributed by atoms with E-state index in [1.807, 2.05) is 29.2 Å². The zero-order chi connectivity index (χ0) is 20.5. The van der Waals surface area contributed by atoms with E-state index in [0.29, 0.717) is 12.1 Å². The first kappa shape index (κ1) is 21.5. The van der Waals surface area contributed by atoms with E-state index >= 15 is 0 Å². The van der Waals surface area contributed by atoms with Crippen molar-refractivity contribution in [1.29, 1.82) is 0 Å². The van der Waals surface area contributed by atoms with Crippen LogP contribution in [0.5, 0.6) is 0 Å². The molecule has 1 saturated heterocycles. The number of carbonyl (C=O) groups excluding carboxylic acids is 1. The first-order chi connectivity index (χ1) is 14.7. The zero-order valence-corrected chi connectivity index (χ0v) is 18.5. The third kappa shape index (κ3) is 4.36. The van der Waals surface area contributed by atoms with Crippen molar-refractivity contribution in [2.45, 2.75) is 37.8 Å². The molecule has 0 unspecified atom stereocenters. The van der Waals surface area contributed by atoms with Crippen LogP contribution in [0.4, 0.5) is 0 Å². The van der Waals surface area contributed by atoms with Gasteiger partial charge < -0.3 is 4.90 Å². The number of nitrogens with zero attached hydrogens (tertiary/aromatic N) is 5. The molecule has 31 heavy (non-hydrogen) atoms. The molecule has 0 bridgehead atoms. The third-order valence-corrected chi connectivity index (χ3v) is 6.73. The van der Waals surface area contributed by atoms with Crippen LogP contribution in [0.25, 0.3) is 5.69 Å². The number of amides is 1. The van der Waals surface area contributed by atoms with Crippen molar-refractivity contribution in [3.05, 3.63) is 77.9 Å². The normalized spacial score (nSPS) is 16.9. The Kier molecular flexibility index (Phi) is 6.39. The van der Waals surface area contributed by atoms with E-state index in [4.69, 9.17) is 0 Å². The van der Waals surface area contributed by atoms with Crippen LogP contribution in [0.3, 0.4) is 0 Å². The van der Waals surface area contributed by atoms with Crippen LogP contribution in [0.2, 0.25) is 0 Å². The highest BCUT2D eigenvalue weighted by atomic mass is 35.5. The van der Waals surface area contributed by atoms with Crippen molar-refractivity contribution in [3.63, 3.8) is 0 Å². The van der Waals surface area contributed by atoms with E-state index in [-0.39, 0.29) is 18.3 Å². The molecule has 0 N–H and O–H groups in total. The highest BCUT2D eigenvalue weighted by Gasteiger charge is 2.32. The monoisotopic (exact) mass is 437 g/mol. The summed E-state index contributed by atoms with van der Waals surface area (Å²) in [6.07, 6.45) is 7.51. The molecule has 0 atom stereocenters. The Morgan fingerprint density at radius 1 is 0.968 bits per heavy atom. The molecule has 162 valence electrons. The lowest BCUT2D eigenvalue weighted by atomic mass is 10.00. The van der Waals surface area contributed by atoms with Crippen LogP contribution >= 0.6 is 12.4 Å². The summed E-state index contributed by atoms with van der Waals surface area (Å²) in [6.45, 7) is 1.64. The van der Waals surface area contributed by atoms with Gasteiger partial charge in [-0.2, -0.15) is 5.10 Å². The minimum Gasteiger partial charge on any atom is -0.339 e. The summed E-state index contributed by atoms with van der Waals surface area (Å²) in [5.41, 5.74) is 4.63. The van der Waals surface area contributed by atoms with Gasteiger partial charge in [-0.25, -0.2) is 9.67 Å². The van der Waals surface area contributed by atoms with Gasteiger partial charge in [0.15, 0.2) is 0 Å². The third-order valence-electron chi connectivity index (χ3n) is 6.73. The molecule has 0 saturated carbocycles. The number of carbonyl (C=O) groups is 1. The number of piperidine rings is 1. The number of likely N-dealkylation sites (tertiary alicyclic amines) is 1. The topological polar surface area (TPSA) is 54.3 Å². The summed E-state index contributed by atoms with van der Waals surface area (Å²) < 4.78 is 1.69. The van der Waals surface area contributed by atoms with E-state index in [9.17, 15) is 4.79 Å². The summed E-state index contributed by atoms with van der Waals surface area (Å²) in [5, 5.41) is 4.13. The molecule has 1 amide bonds. The smallest absolute Gasteiger partial charge is 0.253 e. The van der Waals surface area contributed by atoms with Crippen molar-refractivity contribution in [2.24, 2.45) is 0 Å². The molecular weight excluding hydrogens is 410 g/mol. The highest BCUT2D eigenvalue weighted by Crippen LogP contribution is 2.28. The zero-order valence-electron chi connectivity index (χ0n) is 17.7. The Labute approximate surface area is 189 Å². The van der Waals surface area contributed by atoms with Gasteiger partial charge in [0.2, 0.25) is 0 Å². The number of rotatable bonds is 4. The standard InChI is InChI=1S/C24H27N5O.ClH/c1-27(23-14-19-4-2-3-5-20(19)15-23)21-10-12-28(13-11-21)24(30)18-6-8-22(9-7-18)29-17-25-16-26-29;/h2-9,16-17,21,23H,10-15H2,1H3;1H. The van der Waals surface area contributed by atoms with Crippen molar-refractivity contribution >= 4 is 18.3 Å². The van der Waals surface area contributed by atoms with Crippen LogP contribution in [0.1, 0.15) is 34.3 Å². The van der Waals surface area contributed by atoms with Gasteiger partial charge in [0.1, 0.15) is 12.7 Å². The van der Waals surface area contributed by atoms with Crippen molar-refractivity contribution in [3.8, 4) is 5.69 Å². The lowest BCUT2D eigenvalue weighted by Crippen LogP contribution is -2.48. The molecule has 1 aromatic heterocycles. The molecule has 2 aromatic carbocycles. The summed E-state index contributed by atoms with van der Waals surface area (Å²) in [7, 11) is 2.27. The van der Waals surface area contributed by atoms with Crippen LogP contribution in [0, 0.1) is 0 Å². The number of benzene rings is 2. The molecule has 6 nitrogen and oxygen atoms in total. The molecule has 3 aromatic rings. The van der Waals surface area contributed by atoms with E-state index in [1.54, 1.807) is 11.0 Å². The largest absolute Gasteiger partial charge is 0.339 e. The summed E-state index contributed by atoms with van der Waals surface area (Å²) in [4.78, 5) is 21.5. The Hall–Kier alpha value is -2.70. The minimum atomic E-state index is 0. The fourth-order valence-electron chi connectivity index (χ4n) is 4.88. The maximum absolute atomic E-state index is 13.0. The molecule has 0 spiro atoms. The number of halogens is 1. The van der Waals surface area contributed by atoms with Crippen LogP contribution in [-0.2, 0) is 12.8 Å². The number of likely N-dealkylation sites (N-methyl/N-ethyl adjacent to an activating group) is 1. The van der Waals surface area contributed by atoms with Crippen molar-refractivity contribution in [2.75, 3.05) is 20.1 Å². The van der Waals surface area contributed by atoms with Crippen LogP contribution in [0.15, 0.2) is 61.2 Å². The minimum absolute atomic E-state index is 0. The van der Waals surface area contributed by atoms with Gasteiger partial charge in [-0.05, 0) is 68.1 Å². The van der Waals surface area contributed by atoms with Gasteiger partial charge in [0.05, 0.1) is 5.69 Å². The van der Waals surface area contributed by atoms with E-state index in [1.165, 1.54) is 17.5 Å². The number of hydrogen-bond donors (Lipinski definition) is 0. The molecule has 1 aliphatic heterocycles. The Balaban J connectivity index is 0.00000231. The van der Waals surface area contributed by atoms with E-state index in [0.717, 1.165) is 50.0 Å². The quantitative estimate of drug-likeness (QED) is 0.627. The number of aromatic nitrogens is 3. The summed E-state index contributed by atoms with van der Waals surface area (Å²) >= 11 is 0. The Morgan fingerprint density at radius 2 is 1.61 bits per heavy atom. The second kappa shape index (κ2) is 9.20. The molecule has 2 aliphatic rings. The maximum atomic E-state index is 13.0. The summed E-state index contributed by atoms with van der Waals surface area (Å²) in [5.74, 6) is 0.120. The molecule has 1 aliphatic carbocycles. The average Bonchev–Trinajstić information content (AvgIpc) is 3.48. The molecule has 2 heterocycles. The van der Waals surface area contributed by atoms with Gasteiger partial charge in [-0.3, -0.25) is 9.69 Å². The average molecular weight is 438 g/mol. The van der Waals surface area contributed by atoms with E-state index < -0.39 is 0 Å². The molecule has 5 rings (SSSR count). The molecule has 1 fully saturated rings. The van der Waals surface area contributed by atoms with Gasteiger partial charge in [0.25, 0.3) is 5.91 Å². The lowest BCUT2D eigenvalue weighted by Gasteiger charge is -2.39. The number of hydrogen-bond acceptors (Lipinski definition) is 4. The lowest BCUT2D eigenvalue weighted by molar-refractivity contribution is 0.0603. The fraction of sp³-hybridized carbons (Fsp3) is 0.375. The summed E-state index contributed by atoms with van der Waals surface area (Å²) in [6, 6.07) is 17.5. The first-order valence-corrected chi connectivity index (χ1v) is 10.7. The van der Waals surface area contributed by atoms with Gasteiger partial charge in [-0.15, -0.1) is 12.4 Å². The van der Waals surface area contributed by atoms with E-state index in [2.05, 4.69) is 46.3 Å². The van der Waals surface area contributed by atoms with Crippen molar-refractivity contribution < 1.29 is 4.79 Å². The SMILES string of the molecule is CN(C1CCN(C(=O)c2ccc(-n3cncn3)cc2)CC1)C1Cc2ccccc2C1.Cl. The van der Waals surface area contributed by atoms with Crippen molar-refractivity contribution in [1.82, 2.24) is 24.6 Å². The Morgan fingerprint density at radius 3 is 2.19 bits per heavy atom. The van der Waals surface area contributed by atoms with Crippen LogP contribution < -0.4 is 0 Å².